The summed E-state index contributed by atoms with van der Waals surface area (Å²) in [5.74, 6) is 0.392. The van der Waals surface area contributed by atoms with E-state index in [2.05, 4.69) is 5.48 Å². The molecule has 0 amide bonds. The Hall–Kier alpha value is -1.17. The number of halogens is 1. The molecule has 0 aromatic heterocycles. The van der Waals surface area contributed by atoms with Crippen molar-refractivity contribution < 1.29 is 18.7 Å². The third kappa shape index (κ3) is 2.09. The van der Waals surface area contributed by atoms with E-state index in [9.17, 15) is 4.39 Å². The summed E-state index contributed by atoms with van der Waals surface area (Å²) in [5, 5.41) is 0. The lowest BCUT2D eigenvalue weighted by Crippen LogP contribution is -2.18. The molecule has 1 heterocycles. The van der Waals surface area contributed by atoms with Crippen LogP contribution in [0.3, 0.4) is 0 Å². The molecule has 0 unspecified atom stereocenters. The Morgan fingerprint density at radius 2 is 2.40 bits per heavy atom. The molecule has 1 aliphatic rings. The Labute approximate surface area is 86.9 Å². The highest BCUT2D eigenvalue weighted by atomic mass is 19.1. The van der Waals surface area contributed by atoms with Crippen molar-refractivity contribution >= 4 is 0 Å². The molecule has 1 aromatic rings. The van der Waals surface area contributed by atoms with Crippen LogP contribution in [0, 0.1) is 5.82 Å². The molecule has 5 heteroatoms. The summed E-state index contributed by atoms with van der Waals surface area (Å²) in [7, 11) is 1.49. The first-order valence-corrected chi connectivity index (χ1v) is 4.59. The van der Waals surface area contributed by atoms with Crippen LogP contribution in [0.5, 0.6) is 5.75 Å². The Bertz CT molecular complexity index is 357. The topological polar surface area (TPSA) is 39.7 Å². The number of hydroxylamine groups is 1. The maximum atomic E-state index is 13.5. The van der Waals surface area contributed by atoms with Gasteiger partial charge in [0.2, 0.25) is 0 Å². The molecule has 0 aliphatic carbocycles. The normalized spacial score (nSPS) is 14.5. The van der Waals surface area contributed by atoms with E-state index < -0.39 is 0 Å². The van der Waals surface area contributed by atoms with E-state index in [1.54, 1.807) is 6.07 Å². The van der Waals surface area contributed by atoms with Gasteiger partial charge in [0.1, 0.15) is 11.6 Å². The molecule has 0 fully saturated rings. The second-order valence-corrected chi connectivity index (χ2v) is 3.14. The van der Waals surface area contributed by atoms with E-state index in [0.717, 1.165) is 5.56 Å². The largest absolute Gasteiger partial charge is 0.467 e. The molecule has 15 heavy (non-hydrogen) atoms. The molecule has 0 atom stereocenters. The van der Waals surface area contributed by atoms with Crippen LogP contribution in [0.2, 0.25) is 0 Å². The van der Waals surface area contributed by atoms with Crippen LogP contribution in [-0.2, 0) is 22.7 Å². The molecule has 0 saturated carbocycles. The van der Waals surface area contributed by atoms with Crippen molar-refractivity contribution in [1.82, 2.24) is 5.48 Å². The van der Waals surface area contributed by atoms with Gasteiger partial charge in [0.15, 0.2) is 6.79 Å². The van der Waals surface area contributed by atoms with Crippen LogP contribution in [-0.4, -0.2) is 13.9 Å². The zero-order chi connectivity index (χ0) is 10.7. The Kier molecular flexibility index (Phi) is 3.15. The smallest absolute Gasteiger partial charge is 0.189 e. The monoisotopic (exact) mass is 213 g/mol. The summed E-state index contributed by atoms with van der Waals surface area (Å²) >= 11 is 0. The van der Waals surface area contributed by atoms with E-state index in [1.807, 2.05) is 0 Å². The average Bonchev–Trinajstić information content (AvgIpc) is 2.28. The Morgan fingerprint density at radius 3 is 3.20 bits per heavy atom. The Balaban J connectivity index is 2.32. The summed E-state index contributed by atoms with van der Waals surface area (Å²) in [4.78, 5) is 4.69. The van der Waals surface area contributed by atoms with Gasteiger partial charge in [-0.15, -0.1) is 0 Å². The maximum Gasteiger partial charge on any atom is 0.189 e. The zero-order valence-corrected chi connectivity index (χ0v) is 8.38. The molecule has 1 N–H and O–H groups in total. The molecule has 0 saturated heterocycles. The fourth-order valence-corrected chi connectivity index (χ4v) is 1.52. The van der Waals surface area contributed by atoms with Gasteiger partial charge in [-0.3, -0.25) is 0 Å². The molecule has 0 spiro atoms. The molecule has 1 aromatic carbocycles. The average molecular weight is 213 g/mol. The molecule has 0 bridgehead atoms. The van der Waals surface area contributed by atoms with Gasteiger partial charge in [0.25, 0.3) is 0 Å². The van der Waals surface area contributed by atoms with Gasteiger partial charge in [-0.1, -0.05) is 0 Å². The van der Waals surface area contributed by atoms with Crippen molar-refractivity contribution in [3.05, 3.63) is 29.1 Å². The zero-order valence-electron chi connectivity index (χ0n) is 8.38. The number of ether oxygens (including phenoxy) is 2. The summed E-state index contributed by atoms with van der Waals surface area (Å²) in [5.41, 5.74) is 3.87. The van der Waals surface area contributed by atoms with E-state index in [-0.39, 0.29) is 19.2 Å². The van der Waals surface area contributed by atoms with Crippen LogP contribution in [0.1, 0.15) is 11.1 Å². The van der Waals surface area contributed by atoms with Crippen LogP contribution < -0.4 is 10.2 Å². The van der Waals surface area contributed by atoms with E-state index >= 15 is 0 Å². The van der Waals surface area contributed by atoms with Gasteiger partial charge in [-0.2, -0.15) is 5.48 Å². The fourth-order valence-electron chi connectivity index (χ4n) is 1.52. The SMILES string of the molecule is CONCc1c(F)ccc2c1COCO2. The van der Waals surface area contributed by atoms with Gasteiger partial charge in [0.05, 0.1) is 13.7 Å². The van der Waals surface area contributed by atoms with E-state index in [4.69, 9.17) is 14.3 Å². The standard InChI is InChI=1S/C10H12FNO3/c1-13-12-4-7-8-5-14-6-15-10(8)3-2-9(7)11/h2-3,12H,4-6H2,1H3. The quantitative estimate of drug-likeness (QED) is 0.769. The highest BCUT2D eigenvalue weighted by Gasteiger charge is 2.17. The van der Waals surface area contributed by atoms with Crippen molar-refractivity contribution in [1.29, 1.82) is 0 Å². The number of rotatable bonds is 3. The minimum absolute atomic E-state index is 0.218. The first-order valence-electron chi connectivity index (χ1n) is 4.59. The highest BCUT2D eigenvalue weighted by molar-refractivity contribution is 5.41. The lowest BCUT2D eigenvalue weighted by Gasteiger charge is -2.20. The summed E-state index contributed by atoms with van der Waals surface area (Å²) in [6, 6.07) is 3.00. The first-order chi connectivity index (χ1) is 7.33. The second kappa shape index (κ2) is 4.57. The summed E-state index contributed by atoms with van der Waals surface area (Å²) < 4.78 is 23.8. The summed E-state index contributed by atoms with van der Waals surface area (Å²) in [6.07, 6.45) is 0. The number of hydrogen-bond donors (Lipinski definition) is 1. The maximum absolute atomic E-state index is 13.5. The second-order valence-electron chi connectivity index (χ2n) is 3.14. The molecular formula is C10H12FNO3. The predicted molar refractivity (Wildman–Crippen MR) is 50.5 cm³/mol. The van der Waals surface area contributed by atoms with Gasteiger partial charge in [0, 0.05) is 17.7 Å². The first kappa shape index (κ1) is 10.4. The van der Waals surface area contributed by atoms with Gasteiger partial charge in [-0.25, -0.2) is 4.39 Å². The molecular weight excluding hydrogens is 201 g/mol. The van der Waals surface area contributed by atoms with Crippen molar-refractivity contribution in [2.24, 2.45) is 0 Å². The number of benzene rings is 1. The van der Waals surface area contributed by atoms with Gasteiger partial charge in [-0.05, 0) is 12.1 Å². The van der Waals surface area contributed by atoms with Crippen LogP contribution >= 0.6 is 0 Å². The lowest BCUT2D eigenvalue weighted by atomic mass is 10.1. The molecule has 1 aliphatic heterocycles. The summed E-state index contributed by atoms with van der Waals surface area (Å²) in [6.45, 7) is 0.877. The van der Waals surface area contributed by atoms with Crippen LogP contribution in [0.15, 0.2) is 12.1 Å². The number of hydrogen-bond acceptors (Lipinski definition) is 4. The molecule has 4 nitrogen and oxygen atoms in total. The number of fused-ring (bicyclic) bond motifs is 1. The number of nitrogens with one attached hydrogen (secondary N) is 1. The van der Waals surface area contributed by atoms with Crippen molar-refractivity contribution in [3.63, 3.8) is 0 Å². The minimum Gasteiger partial charge on any atom is -0.467 e. The van der Waals surface area contributed by atoms with Gasteiger partial charge < -0.3 is 14.3 Å². The van der Waals surface area contributed by atoms with Crippen molar-refractivity contribution in [2.45, 2.75) is 13.2 Å². The Morgan fingerprint density at radius 1 is 1.53 bits per heavy atom. The van der Waals surface area contributed by atoms with Crippen molar-refractivity contribution in [3.8, 4) is 5.75 Å². The van der Waals surface area contributed by atoms with E-state index in [1.165, 1.54) is 13.2 Å². The minimum atomic E-state index is -0.285. The van der Waals surface area contributed by atoms with Crippen LogP contribution in [0.4, 0.5) is 4.39 Å². The van der Waals surface area contributed by atoms with Crippen LogP contribution in [0.25, 0.3) is 0 Å². The highest BCUT2D eigenvalue weighted by Crippen LogP contribution is 2.28. The predicted octanol–water partition coefficient (Wildman–Crippen LogP) is 1.34. The lowest BCUT2D eigenvalue weighted by molar-refractivity contribution is -0.0176. The molecule has 0 radical (unpaired) electrons. The third-order valence-electron chi connectivity index (χ3n) is 2.27. The van der Waals surface area contributed by atoms with Crippen molar-refractivity contribution in [2.75, 3.05) is 13.9 Å². The molecule has 82 valence electrons. The molecule has 2 rings (SSSR count). The fraction of sp³-hybridized carbons (Fsp3) is 0.400. The van der Waals surface area contributed by atoms with Gasteiger partial charge >= 0.3 is 0 Å². The third-order valence-corrected chi connectivity index (χ3v) is 2.27. The van der Waals surface area contributed by atoms with E-state index in [0.29, 0.717) is 17.9 Å².